The van der Waals surface area contributed by atoms with Gasteiger partial charge in [0.1, 0.15) is 72.6 Å². The summed E-state index contributed by atoms with van der Waals surface area (Å²) in [7, 11) is 13.7. The van der Waals surface area contributed by atoms with Crippen LogP contribution < -0.4 is 54.3 Å². The van der Waals surface area contributed by atoms with E-state index in [9.17, 15) is 76.7 Å². The quantitative estimate of drug-likeness (QED) is 0.106. The number of urea groups is 6. The van der Waals surface area contributed by atoms with Crippen molar-refractivity contribution in [2.45, 2.75) is 206 Å². The predicted octanol–water partition coefficient (Wildman–Crippen LogP) is -0.402. The number of aromatic nitrogens is 4. The van der Waals surface area contributed by atoms with Gasteiger partial charge in [0.15, 0.2) is 46.3 Å². The Morgan fingerprint density at radius 1 is 0.266 bits per heavy atom. The van der Waals surface area contributed by atoms with Crippen molar-refractivity contribution in [3.05, 3.63) is 44.8 Å². The normalized spacial score (nSPS) is 24.9. The van der Waals surface area contributed by atoms with Crippen molar-refractivity contribution in [2.24, 2.45) is 0 Å². The second-order valence-corrected chi connectivity index (χ2v) is 32.1. The molecule has 12 fully saturated rings. The summed E-state index contributed by atoms with van der Waals surface area (Å²) in [5.41, 5.74) is 17.6. The van der Waals surface area contributed by atoms with Crippen molar-refractivity contribution in [1.82, 2.24) is 142 Å². The van der Waals surface area contributed by atoms with Gasteiger partial charge in [-0.2, -0.15) is 10.0 Å². The topological polar surface area (TPSA) is 463 Å². The number of ketones is 8. The first-order valence-electron chi connectivity index (χ1n) is 43.0. The van der Waals surface area contributed by atoms with Crippen LogP contribution in [0.1, 0.15) is 169 Å². The molecule has 124 heavy (non-hydrogen) atoms. The first kappa shape index (κ1) is 97.7. The number of hydrazine groups is 12. The third-order valence-electron chi connectivity index (χ3n) is 24.4. The van der Waals surface area contributed by atoms with E-state index in [4.69, 9.17) is 0 Å². The monoisotopic (exact) mass is 1740 g/mol. The highest BCUT2D eigenvalue weighted by Gasteiger charge is 2.49. The van der Waals surface area contributed by atoms with Gasteiger partial charge in [0.05, 0.1) is 37.6 Å². The SMILES string of the molecule is CNN1CCCN2CCC(C(C)=O)N2C1=O.CNN1CCCN2CCCC(C(C)=O)N2C1=O.CNN1CCN2CCC(C(C)=O)N2C1=O.CNN1CCN2CCCC(C(C)=O)N2C1=O.CNN1CN2CCC(C(C)=O)N2C1=O.CNN1CN2CCCC(C(C)=O)N2C1=O.CNc1cnc2n(c1=O)C(C(C)=O)CC2.CNc1cnc2n(c1=O)C(C(C)=O)CCC2. The molecular formula is C78H130N30O16. The molecule has 8 atom stereocenters. The molecule has 8 unspecified atom stereocenters. The highest BCUT2D eigenvalue weighted by molar-refractivity contribution is 5.91. The number of hydrogen-bond donors (Lipinski definition) is 8. The molecule has 12 amide bonds. The Kier molecular flexibility index (Phi) is 35.2. The summed E-state index contributed by atoms with van der Waals surface area (Å²) in [6, 6.07) is -3.03. The number of amides is 12. The number of nitrogens with one attached hydrogen (secondary N) is 8. The average Bonchev–Trinajstić information content (AvgIpc) is 1.59. The van der Waals surface area contributed by atoms with Crippen LogP contribution in [0.4, 0.5) is 40.1 Å². The fraction of sp³-hybridized carbons (Fsp3) is 0.718. The lowest BCUT2D eigenvalue weighted by Gasteiger charge is -2.48. The molecule has 16 rings (SSSR count). The smallest absolute Gasteiger partial charge is 0.350 e. The van der Waals surface area contributed by atoms with Gasteiger partial charge < -0.3 is 10.6 Å². The van der Waals surface area contributed by atoms with Crippen molar-refractivity contribution in [3.8, 4) is 0 Å². The summed E-state index contributed by atoms with van der Waals surface area (Å²) in [4.78, 5) is 196. The maximum absolute atomic E-state index is 12.3. The van der Waals surface area contributed by atoms with Crippen molar-refractivity contribution in [1.29, 1.82) is 0 Å². The van der Waals surface area contributed by atoms with E-state index in [0.717, 1.165) is 161 Å². The van der Waals surface area contributed by atoms with Gasteiger partial charge >= 0.3 is 36.2 Å². The van der Waals surface area contributed by atoms with Gasteiger partial charge in [-0.05, 0) is 145 Å². The largest absolute Gasteiger partial charge is 0.382 e. The molecule has 12 saturated heterocycles. The molecule has 2 aromatic heterocycles. The van der Waals surface area contributed by atoms with E-state index in [2.05, 4.69) is 53.2 Å². The zero-order valence-corrected chi connectivity index (χ0v) is 74.8. The molecule has 0 aromatic carbocycles. The molecule has 0 aliphatic carbocycles. The minimum Gasteiger partial charge on any atom is -0.382 e. The Balaban J connectivity index is 0.000000161. The minimum absolute atomic E-state index is 0.0194. The van der Waals surface area contributed by atoms with Gasteiger partial charge in [-0.1, -0.05) is 0 Å². The van der Waals surface area contributed by atoms with Crippen molar-refractivity contribution >= 4 is 93.8 Å². The number of anilines is 2. The van der Waals surface area contributed by atoms with Gasteiger partial charge in [-0.15, -0.1) is 0 Å². The third kappa shape index (κ3) is 22.0. The fourth-order valence-corrected chi connectivity index (χ4v) is 17.8. The molecule has 14 aliphatic rings. The summed E-state index contributed by atoms with van der Waals surface area (Å²) < 4.78 is 3.05. The zero-order valence-electron chi connectivity index (χ0n) is 74.8. The molecule has 46 nitrogen and oxygen atoms in total. The highest BCUT2D eigenvalue weighted by atomic mass is 16.2. The Morgan fingerprint density at radius 2 is 0.516 bits per heavy atom. The number of aryl methyl sites for hydroxylation is 2. The number of Topliss-reactive ketones (excluding diaryl/α,β-unsaturated/α-hetero) is 8. The third-order valence-corrected chi connectivity index (χ3v) is 24.4. The van der Waals surface area contributed by atoms with Crippen LogP contribution in [0.5, 0.6) is 0 Å². The molecular weight excluding hydrogens is 1610 g/mol. The predicted molar refractivity (Wildman–Crippen MR) is 452 cm³/mol. The van der Waals surface area contributed by atoms with Crippen LogP contribution in [0, 0.1) is 0 Å². The van der Waals surface area contributed by atoms with E-state index in [-0.39, 0.29) is 142 Å². The summed E-state index contributed by atoms with van der Waals surface area (Å²) in [5.74, 6) is 1.85. The Hall–Kier alpha value is -10.1. The van der Waals surface area contributed by atoms with Gasteiger partial charge in [0.25, 0.3) is 11.1 Å². The lowest BCUT2D eigenvalue weighted by atomic mass is 10.0. The first-order valence-corrected chi connectivity index (χ1v) is 43.0. The number of hydrogen-bond acceptors (Lipinski definition) is 32. The summed E-state index contributed by atoms with van der Waals surface area (Å²) >= 11 is 0. The van der Waals surface area contributed by atoms with E-state index in [1.54, 1.807) is 136 Å². The number of carbonyl (C=O) groups excluding carboxylic acids is 14. The standard InChI is InChI=1S/C11H20N4O2.C11H15N3O2.2C10H18N4O2.C10H13N3O2.2C9H16N4O2.C8H14N4O2/c1-9(16)10-5-3-6-13-7-4-8-14(12-2)11(17)15(10)13;1-7(15)9-4-3-5-10-13-6-8(12-2)11(16)14(9)10;1-8(15)9-4-7-12-5-3-6-13(11-2)10(16)14(9)12;1-8(15)9-4-3-5-12-6-7-13(11-2)10(16)14(9)12;1-6(14)8-3-4-9-12-5-7(11-2)10(15)13(8)9;1-7(14)8-3-4-11-5-6-12(10-2)9(15)13(8)11;1-7(14)8-4-3-5-11-6-12(10-2)9(15)13(8)11;1-6(13)7-3-4-10-5-11(9-2)8(14)12(7)10/h10,12H,3-8H2,1-2H3;6,9,12H,3-5H2,1-2H3;2*9,11H,3-7H2,1-2H3;5,8,11H,3-4H2,1-2H3;2*8,10H,3-6H2,1-2H3;7,9H,3-5H2,1-2H3. The maximum Gasteiger partial charge on any atom is 0.350 e. The molecule has 14 aliphatic heterocycles. The number of fused-ring (bicyclic) bond motifs is 8. The number of carbonyl (C=O) groups is 14. The molecule has 0 saturated carbocycles. The Morgan fingerprint density at radius 3 is 0.855 bits per heavy atom. The van der Waals surface area contributed by atoms with Crippen LogP contribution >= 0.6 is 0 Å². The van der Waals surface area contributed by atoms with Crippen LogP contribution in [-0.4, -0.2) is 389 Å². The van der Waals surface area contributed by atoms with E-state index in [1.807, 2.05) is 30.1 Å². The minimum atomic E-state index is -0.336. The Bertz CT molecular complexity index is 4320. The van der Waals surface area contributed by atoms with Crippen LogP contribution in [0.25, 0.3) is 0 Å². The number of nitrogens with zero attached hydrogens (tertiary/aromatic N) is 22. The second kappa shape index (κ2) is 44.6. The first-order chi connectivity index (χ1) is 59.2. The van der Waals surface area contributed by atoms with Crippen LogP contribution in [-0.2, 0) is 51.2 Å². The van der Waals surface area contributed by atoms with Crippen LogP contribution in [0.3, 0.4) is 0 Å². The molecule has 0 radical (unpaired) electrons. The van der Waals surface area contributed by atoms with Gasteiger partial charge in [-0.3, -0.25) is 77.1 Å². The van der Waals surface area contributed by atoms with E-state index >= 15 is 0 Å². The van der Waals surface area contributed by atoms with E-state index < -0.39 is 0 Å². The van der Waals surface area contributed by atoms with Gasteiger partial charge in [0, 0.05) is 148 Å². The molecule has 8 N–H and O–H groups in total. The second-order valence-electron chi connectivity index (χ2n) is 32.1. The molecule has 46 heteroatoms. The van der Waals surface area contributed by atoms with Crippen LogP contribution in [0.15, 0.2) is 22.0 Å². The maximum atomic E-state index is 12.3. The number of rotatable bonds is 16. The van der Waals surface area contributed by atoms with E-state index in [1.165, 1.54) is 57.3 Å². The van der Waals surface area contributed by atoms with Crippen LogP contribution in [0.2, 0.25) is 0 Å². The lowest BCUT2D eigenvalue weighted by molar-refractivity contribution is -0.138. The highest BCUT2D eigenvalue weighted by Crippen LogP contribution is 2.32. The molecule has 16 heterocycles. The summed E-state index contributed by atoms with van der Waals surface area (Å²) in [6.07, 6.45) is 16.2. The lowest BCUT2D eigenvalue weighted by Crippen LogP contribution is -2.68. The Labute approximate surface area is 723 Å². The van der Waals surface area contributed by atoms with Gasteiger partial charge in [0.2, 0.25) is 0 Å². The van der Waals surface area contributed by atoms with Crippen molar-refractivity contribution in [3.63, 3.8) is 0 Å². The molecule has 0 spiro atoms. The van der Waals surface area contributed by atoms with Gasteiger partial charge in [-0.25, -0.2) is 131 Å². The fourth-order valence-electron chi connectivity index (χ4n) is 17.8. The summed E-state index contributed by atoms with van der Waals surface area (Å²) in [6.45, 7) is 24.3. The summed E-state index contributed by atoms with van der Waals surface area (Å²) in [5, 5.41) is 36.2. The van der Waals surface area contributed by atoms with Crippen molar-refractivity contribution in [2.75, 3.05) is 172 Å². The zero-order chi connectivity index (χ0) is 90.8. The van der Waals surface area contributed by atoms with E-state index in [0.29, 0.717) is 69.6 Å². The molecule has 688 valence electrons. The molecule has 2 aromatic rings. The molecule has 0 bridgehead atoms. The average molecular weight is 1740 g/mol. The van der Waals surface area contributed by atoms with Crippen molar-refractivity contribution < 1.29 is 67.1 Å².